The zero-order chi connectivity index (χ0) is 12.3. The molecule has 1 aromatic carbocycles. The first-order valence-corrected chi connectivity index (χ1v) is 6.45. The molecule has 1 heterocycles. The summed E-state index contributed by atoms with van der Waals surface area (Å²) in [5, 5.41) is 0. The second kappa shape index (κ2) is 5.50. The van der Waals surface area contributed by atoms with E-state index in [1.807, 2.05) is 12.1 Å². The molecule has 2 unspecified atom stereocenters. The summed E-state index contributed by atoms with van der Waals surface area (Å²) in [5.41, 5.74) is 7.18. The van der Waals surface area contributed by atoms with Gasteiger partial charge in [0.15, 0.2) is 0 Å². The van der Waals surface area contributed by atoms with Crippen molar-refractivity contribution >= 4 is 5.69 Å². The van der Waals surface area contributed by atoms with Crippen molar-refractivity contribution in [3.05, 3.63) is 30.1 Å². The zero-order valence-corrected chi connectivity index (χ0v) is 10.4. The summed E-state index contributed by atoms with van der Waals surface area (Å²) in [5.74, 6) is 0.494. The van der Waals surface area contributed by atoms with E-state index in [2.05, 4.69) is 11.8 Å². The van der Waals surface area contributed by atoms with Gasteiger partial charge in [0.05, 0.1) is 0 Å². The normalized spacial score (nSPS) is 25.0. The number of benzene rings is 1. The summed E-state index contributed by atoms with van der Waals surface area (Å²) in [4.78, 5) is 2.29. The van der Waals surface area contributed by atoms with Crippen molar-refractivity contribution in [2.75, 3.05) is 18.0 Å². The van der Waals surface area contributed by atoms with E-state index in [-0.39, 0.29) is 11.9 Å². The van der Waals surface area contributed by atoms with Crippen LogP contribution in [0.1, 0.15) is 26.2 Å². The summed E-state index contributed by atoms with van der Waals surface area (Å²) >= 11 is 0. The molecule has 2 rings (SSSR count). The molecule has 2 nitrogen and oxygen atoms in total. The first kappa shape index (κ1) is 12.4. The van der Waals surface area contributed by atoms with Crippen LogP contribution in [0, 0.1) is 11.7 Å². The molecule has 2 atom stereocenters. The van der Waals surface area contributed by atoms with Crippen molar-refractivity contribution in [1.82, 2.24) is 0 Å². The maximum Gasteiger partial charge on any atom is 0.123 e. The van der Waals surface area contributed by atoms with E-state index in [0.29, 0.717) is 5.92 Å². The number of hydrogen-bond acceptors (Lipinski definition) is 2. The third-order valence-corrected chi connectivity index (χ3v) is 3.46. The fraction of sp³-hybridized carbons (Fsp3) is 0.571. The van der Waals surface area contributed by atoms with E-state index in [1.165, 1.54) is 25.0 Å². The average Bonchev–Trinajstić information content (AvgIpc) is 2.29. The Balaban J connectivity index is 2.06. The summed E-state index contributed by atoms with van der Waals surface area (Å²) in [6.45, 7) is 4.14. The molecule has 3 heteroatoms. The first-order chi connectivity index (χ1) is 8.19. The number of nitrogens with two attached hydrogens (primary N) is 1. The molecule has 1 aliphatic rings. The van der Waals surface area contributed by atoms with E-state index in [1.54, 1.807) is 0 Å². The van der Waals surface area contributed by atoms with Crippen LogP contribution in [0.25, 0.3) is 0 Å². The highest BCUT2D eigenvalue weighted by Gasteiger charge is 2.24. The third-order valence-electron chi connectivity index (χ3n) is 3.46. The lowest BCUT2D eigenvalue weighted by Crippen LogP contribution is -2.47. The molecule has 0 radical (unpaired) electrons. The number of rotatable bonds is 3. The SMILES string of the molecule is CCCC1CC(N)CN(c2ccc(F)cc2)C1. The Bertz CT molecular complexity index is 350. The highest BCUT2D eigenvalue weighted by Crippen LogP contribution is 2.25. The van der Waals surface area contributed by atoms with E-state index >= 15 is 0 Å². The Kier molecular flexibility index (Phi) is 4.00. The molecular formula is C14H21FN2. The van der Waals surface area contributed by atoms with Crippen molar-refractivity contribution < 1.29 is 4.39 Å². The average molecular weight is 236 g/mol. The summed E-state index contributed by atoms with van der Waals surface area (Å²) in [6, 6.07) is 6.96. The minimum Gasteiger partial charge on any atom is -0.370 e. The highest BCUT2D eigenvalue weighted by molar-refractivity contribution is 5.47. The minimum absolute atomic E-state index is 0.180. The van der Waals surface area contributed by atoms with Gasteiger partial charge in [0.25, 0.3) is 0 Å². The quantitative estimate of drug-likeness (QED) is 0.874. The van der Waals surface area contributed by atoms with Crippen molar-refractivity contribution in [2.24, 2.45) is 11.7 Å². The van der Waals surface area contributed by atoms with E-state index in [0.717, 1.165) is 25.2 Å². The zero-order valence-electron chi connectivity index (χ0n) is 10.4. The molecule has 0 aliphatic carbocycles. The number of hydrogen-bond donors (Lipinski definition) is 1. The van der Waals surface area contributed by atoms with Gasteiger partial charge in [0, 0.05) is 24.8 Å². The van der Waals surface area contributed by atoms with Crippen LogP contribution in [0.5, 0.6) is 0 Å². The van der Waals surface area contributed by atoms with Crippen LogP contribution < -0.4 is 10.6 Å². The van der Waals surface area contributed by atoms with Gasteiger partial charge in [-0.2, -0.15) is 0 Å². The standard InChI is InChI=1S/C14H21FN2/c1-2-3-11-8-13(16)10-17(9-11)14-6-4-12(15)5-7-14/h4-7,11,13H,2-3,8-10,16H2,1H3. The monoisotopic (exact) mass is 236 g/mol. The van der Waals surface area contributed by atoms with Gasteiger partial charge >= 0.3 is 0 Å². The molecule has 1 fully saturated rings. The fourth-order valence-electron chi connectivity index (χ4n) is 2.73. The Hall–Kier alpha value is -1.09. The lowest BCUT2D eigenvalue weighted by atomic mass is 9.90. The highest BCUT2D eigenvalue weighted by atomic mass is 19.1. The van der Waals surface area contributed by atoms with Crippen LogP contribution in [0.3, 0.4) is 0 Å². The molecule has 0 bridgehead atoms. The molecule has 94 valence electrons. The van der Waals surface area contributed by atoms with Crippen LogP contribution in [-0.2, 0) is 0 Å². The van der Waals surface area contributed by atoms with Gasteiger partial charge in [0.1, 0.15) is 5.82 Å². The lowest BCUT2D eigenvalue weighted by Gasteiger charge is -2.37. The summed E-state index contributed by atoms with van der Waals surface area (Å²) in [7, 11) is 0. The van der Waals surface area contributed by atoms with Crippen LogP contribution in [-0.4, -0.2) is 19.1 Å². The van der Waals surface area contributed by atoms with Gasteiger partial charge < -0.3 is 10.6 Å². The van der Waals surface area contributed by atoms with Crippen LogP contribution in [0.15, 0.2) is 24.3 Å². The molecule has 1 aliphatic heterocycles. The molecule has 0 spiro atoms. The van der Waals surface area contributed by atoms with Gasteiger partial charge in [-0.3, -0.25) is 0 Å². The van der Waals surface area contributed by atoms with Crippen LogP contribution >= 0.6 is 0 Å². The molecular weight excluding hydrogens is 215 g/mol. The number of piperidine rings is 1. The second-order valence-corrected chi connectivity index (χ2v) is 5.03. The third kappa shape index (κ3) is 3.19. The van der Waals surface area contributed by atoms with Gasteiger partial charge in [-0.05, 0) is 43.0 Å². The molecule has 17 heavy (non-hydrogen) atoms. The van der Waals surface area contributed by atoms with Gasteiger partial charge in [-0.15, -0.1) is 0 Å². The van der Waals surface area contributed by atoms with Crippen molar-refractivity contribution in [3.63, 3.8) is 0 Å². The summed E-state index contributed by atoms with van der Waals surface area (Å²) < 4.78 is 12.9. The smallest absolute Gasteiger partial charge is 0.123 e. The Morgan fingerprint density at radius 3 is 2.65 bits per heavy atom. The van der Waals surface area contributed by atoms with E-state index < -0.39 is 0 Å². The van der Waals surface area contributed by atoms with Crippen LogP contribution in [0.4, 0.5) is 10.1 Å². The number of halogens is 1. The Morgan fingerprint density at radius 2 is 2.00 bits per heavy atom. The molecule has 0 saturated carbocycles. The minimum atomic E-state index is -0.180. The van der Waals surface area contributed by atoms with E-state index in [4.69, 9.17) is 5.73 Å². The van der Waals surface area contributed by atoms with Gasteiger partial charge in [-0.25, -0.2) is 4.39 Å². The van der Waals surface area contributed by atoms with Crippen molar-refractivity contribution in [1.29, 1.82) is 0 Å². The second-order valence-electron chi connectivity index (χ2n) is 5.03. The van der Waals surface area contributed by atoms with Crippen LogP contribution in [0.2, 0.25) is 0 Å². The maximum atomic E-state index is 12.9. The molecule has 2 N–H and O–H groups in total. The number of nitrogens with zero attached hydrogens (tertiary/aromatic N) is 1. The molecule has 0 amide bonds. The maximum absolute atomic E-state index is 12.9. The topological polar surface area (TPSA) is 29.3 Å². The lowest BCUT2D eigenvalue weighted by molar-refractivity contribution is 0.355. The predicted octanol–water partition coefficient (Wildman–Crippen LogP) is 2.78. The van der Waals surface area contributed by atoms with Crippen molar-refractivity contribution in [3.8, 4) is 0 Å². The van der Waals surface area contributed by atoms with Gasteiger partial charge in [-0.1, -0.05) is 13.3 Å². The van der Waals surface area contributed by atoms with E-state index in [9.17, 15) is 4.39 Å². The largest absolute Gasteiger partial charge is 0.370 e. The number of anilines is 1. The van der Waals surface area contributed by atoms with Crippen molar-refractivity contribution in [2.45, 2.75) is 32.2 Å². The molecule has 0 aromatic heterocycles. The summed E-state index contributed by atoms with van der Waals surface area (Å²) in [6.07, 6.45) is 3.55. The molecule has 1 saturated heterocycles. The predicted molar refractivity (Wildman–Crippen MR) is 69.6 cm³/mol. The Labute approximate surface area is 103 Å². The van der Waals surface area contributed by atoms with Gasteiger partial charge in [0.2, 0.25) is 0 Å². The first-order valence-electron chi connectivity index (χ1n) is 6.45. The fourth-order valence-corrected chi connectivity index (χ4v) is 2.73. The molecule has 1 aromatic rings. The Morgan fingerprint density at radius 1 is 1.29 bits per heavy atom.